The summed E-state index contributed by atoms with van der Waals surface area (Å²) >= 11 is 0. The van der Waals surface area contributed by atoms with E-state index in [1.165, 1.54) is 12.1 Å². The maximum absolute atomic E-state index is 10.7. The lowest BCUT2D eigenvalue weighted by Gasteiger charge is -1.99. The van der Waals surface area contributed by atoms with Crippen molar-refractivity contribution in [1.29, 1.82) is 0 Å². The van der Waals surface area contributed by atoms with E-state index < -0.39 is 4.92 Å². The molecule has 0 saturated heterocycles. The Morgan fingerprint density at radius 3 is 3.05 bits per heavy atom. The molecular weight excluding hydrogens is 264 g/mol. The molecule has 0 spiro atoms. The molecule has 1 aromatic carbocycles. The van der Waals surface area contributed by atoms with Crippen LogP contribution >= 0.6 is 0 Å². The van der Waals surface area contributed by atoms with E-state index in [-0.39, 0.29) is 11.7 Å². The molecule has 2 aromatic heterocycles. The van der Waals surface area contributed by atoms with Gasteiger partial charge in [0.25, 0.3) is 11.7 Å². The van der Waals surface area contributed by atoms with Crippen LogP contribution in [-0.4, -0.2) is 24.7 Å². The van der Waals surface area contributed by atoms with Gasteiger partial charge in [0.2, 0.25) is 0 Å². The Kier molecular flexibility index (Phi) is 2.78. The summed E-state index contributed by atoms with van der Waals surface area (Å²) in [5, 5.41) is 21.3. The number of aryl methyl sites for hydroxylation is 1. The third kappa shape index (κ3) is 2.16. The Balaban J connectivity index is 1.82. The van der Waals surface area contributed by atoms with Crippen LogP contribution in [-0.2, 0) is 13.6 Å². The highest BCUT2D eigenvalue weighted by molar-refractivity contribution is 5.77. The predicted octanol–water partition coefficient (Wildman–Crippen LogP) is 1.48. The number of fused-ring (bicyclic) bond motifs is 1. The molecule has 0 saturated carbocycles. The van der Waals surface area contributed by atoms with Gasteiger partial charge in [0.1, 0.15) is 11.8 Å². The number of nitrogens with one attached hydrogen (secondary N) is 1. The number of hydrogen-bond donors (Lipinski definition) is 1. The van der Waals surface area contributed by atoms with E-state index in [4.69, 9.17) is 4.42 Å². The molecule has 0 bridgehead atoms. The summed E-state index contributed by atoms with van der Waals surface area (Å²) in [6.45, 7) is 0.394. The standard InChI is InChI=1S/C11H10N6O3/c1-16-6-13-15-10(16)5-12-11-14-8-3-2-7(17(18)19)4-9(8)20-11/h2-4,6H,5H2,1H3,(H,12,14). The maximum atomic E-state index is 10.7. The number of oxazole rings is 1. The second-order valence-electron chi connectivity index (χ2n) is 4.14. The SMILES string of the molecule is Cn1cnnc1CNc1nc2ccc([N+](=O)[O-])cc2o1. The highest BCUT2D eigenvalue weighted by atomic mass is 16.6. The predicted molar refractivity (Wildman–Crippen MR) is 69.0 cm³/mol. The topological polar surface area (TPSA) is 112 Å². The molecule has 0 unspecified atom stereocenters. The van der Waals surface area contributed by atoms with Gasteiger partial charge in [-0.05, 0) is 6.07 Å². The third-order valence-electron chi connectivity index (χ3n) is 2.79. The summed E-state index contributed by atoms with van der Waals surface area (Å²) in [4.78, 5) is 14.4. The van der Waals surface area contributed by atoms with Crippen LogP contribution in [0.1, 0.15) is 5.82 Å². The first kappa shape index (κ1) is 12.1. The number of aromatic nitrogens is 4. The smallest absolute Gasteiger partial charge is 0.296 e. The number of non-ortho nitro benzene ring substituents is 1. The average Bonchev–Trinajstić information content (AvgIpc) is 3.00. The van der Waals surface area contributed by atoms with Gasteiger partial charge in [-0.1, -0.05) is 0 Å². The minimum Gasteiger partial charge on any atom is -0.423 e. The molecule has 9 nitrogen and oxygen atoms in total. The Labute approximate surface area is 112 Å². The van der Waals surface area contributed by atoms with Gasteiger partial charge in [-0.2, -0.15) is 4.98 Å². The zero-order chi connectivity index (χ0) is 14.1. The van der Waals surface area contributed by atoms with E-state index in [1.54, 1.807) is 17.0 Å². The van der Waals surface area contributed by atoms with Crippen LogP contribution in [0.5, 0.6) is 0 Å². The summed E-state index contributed by atoms with van der Waals surface area (Å²) in [5.41, 5.74) is 0.879. The lowest BCUT2D eigenvalue weighted by atomic mass is 10.3. The van der Waals surface area contributed by atoms with Crippen molar-refractivity contribution in [2.24, 2.45) is 7.05 Å². The third-order valence-corrected chi connectivity index (χ3v) is 2.79. The summed E-state index contributed by atoms with van der Waals surface area (Å²) in [6.07, 6.45) is 1.59. The van der Waals surface area contributed by atoms with Crippen LogP contribution in [0.15, 0.2) is 28.9 Å². The molecule has 0 atom stereocenters. The van der Waals surface area contributed by atoms with Crippen LogP contribution in [0.3, 0.4) is 0 Å². The van der Waals surface area contributed by atoms with Gasteiger partial charge >= 0.3 is 0 Å². The lowest BCUT2D eigenvalue weighted by molar-refractivity contribution is -0.384. The monoisotopic (exact) mass is 274 g/mol. The fourth-order valence-electron chi connectivity index (χ4n) is 1.72. The quantitative estimate of drug-likeness (QED) is 0.566. The van der Waals surface area contributed by atoms with Crippen molar-refractivity contribution in [3.05, 3.63) is 40.5 Å². The minimum atomic E-state index is -0.478. The van der Waals surface area contributed by atoms with Crippen LogP contribution in [0.2, 0.25) is 0 Å². The van der Waals surface area contributed by atoms with Gasteiger partial charge in [0.15, 0.2) is 11.4 Å². The number of rotatable bonds is 4. The summed E-state index contributed by atoms with van der Waals surface area (Å²) < 4.78 is 7.18. The number of benzene rings is 1. The number of nitro benzene ring substituents is 1. The van der Waals surface area contributed by atoms with Crippen molar-refractivity contribution in [2.75, 3.05) is 5.32 Å². The number of nitrogens with zero attached hydrogens (tertiary/aromatic N) is 5. The summed E-state index contributed by atoms with van der Waals surface area (Å²) in [7, 11) is 1.83. The molecule has 1 N–H and O–H groups in total. The zero-order valence-corrected chi connectivity index (χ0v) is 10.5. The van der Waals surface area contributed by atoms with Gasteiger partial charge in [-0.3, -0.25) is 10.1 Å². The number of hydrogen-bond acceptors (Lipinski definition) is 7. The first-order valence-electron chi connectivity index (χ1n) is 5.75. The molecule has 20 heavy (non-hydrogen) atoms. The van der Waals surface area contributed by atoms with Crippen molar-refractivity contribution in [3.8, 4) is 0 Å². The average molecular weight is 274 g/mol. The normalized spacial score (nSPS) is 10.8. The fourth-order valence-corrected chi connectivity index (χ4v) is 1.72. The van der Waals surface area contributed by atoms with E-state index in [2.05, 4.69) is 20.5 Å². The molecule has 0 aliphatic rings. The second kappa shape index (κ2) is 4.61. The molecule has 0 radical (unpaired) electrons. The van der Waals surface area contributed by atoms with E-state index in [0.29, 0.717) is 17.6 Å². The summed E-state index contributed by atoms with van der Waals surface area (Å²) in [6, 6.07) is 4.56. The van der Waals surface area contributed by atoms with Gasteiger partial charge in [-0.15, -0.1) is 10.2 Å². The number of anilines is 1. The highest BCUT2D eigenvalue weighted by Crippen LogP contribution is 2.23. The molecule has 9 heteroatoms. The molecule has 3 rings (SSSR count). The Morgan fingerprint density at radius 2 is 2.35 bits per heavy atom. The highest BCUT2D eigenvalue weighted by Gasteiger charge is 2.12. The largest absolute Gasteiger partial charge is 0.423 e. The summed E-state index contributed by atoms with van der Waals surface area (Å²) in [5.74, 6) is 0.721. The van der Waals surface area contributed by atoms with Gasteiger partial charge in [-0.25, -0.2) is 0 Å². The first-order valence-corrected chi connectivity index (χ1v) is 5.75. The van der Waals surface area contributed by atoms with Crippen LogP contribution in [0, 0.1) is 10.1 Å². The van der Waals surface area contributed by atoms with Crippen molar-refractivity contribution in [3.63, 3.8) is 0 Å². The fraction of sp³-hybridized carbons (Fsp3) is 0.182. The van der Waals surface area contributed by atoms with Crippen molar-refractivity contribution >= 4 is 22.8 Å². The Morgan fingerprint density at radius 1 is 1.50 bits per heavy atom. The van der Waals surface area contributed by atoms with E-state index in [9.17, 15) is 10.1 Å². The second-order valence-corrected chi connectivity index (χ2v) is 4.14. The molecule has 102 valence electrons. The molecule has 3 aromatic rings. The van der Waals surface area contributed by atoms with Crippen LogP contribution in [0.4, 0.5) is 11.7 Å². The van der Waals surface area contributed by atoms with Gasteiger partial charge in [0, 0.05) is 13.1 Å². The van der Waals surface area contributed by atoms with E-state index in [0.717, 1.165) is 5.82 Å². The molecule has 2 heterocycles. The van der Waals surface area contributed by atoms with Crippen molar-refractivity contribution in [1.82, 2.24) is 19.7 Å². The van der Waals surface area contributed by atoms with Crippen molar-refractivity contribution in [2.45, 2.75) is 6.54 Å². The molecular formula is C11H10N6O3. The van der Waals surface area contributed by atoms with Crippen LogP contribution in [0.25, 0.3) is 11.1 Å². The van der Waals surface area contributed by atoms with Gasteiger partial charge in [0.05, 0.1) is 17.5 Å². The minimum absolute atomic E-state index is 0.0338. The Hall–Kier alpha value is -2.97. The van der Waals surface area contributed by atoms with E-state index >= 15 is 0 Å². The number of nitro groups is 1. The molecule has 0 amide bonds. The first-order chi connectivity index (χ1) is 9.63. The van der Waals surface area contributed by atoms with Crippen molar-refractivity contribution < 1.29 is 9.34 Å². The lowest BCUT2D eigenvalue weighted by Crippen LogP contribution is -2.05. The molecule has 0 fully saturated rings. The molecule has 0 aliphatic carbocycles. The van der Waals surface area contributed by atoms with Gasteiger partial charge < -0.3 is 14.3 Å². The zero-order valence-electron chi connectivity index (χ0n) is 10.5. The Bertz CT molecular complexity index is 777. The van der Waals surface area contributed by atoms with Crippen LogP contribution < -0.4 is 5.32 Å². The van der Waals surface area contributed by atoms with E-state index in [1.807, 2.05) is 7.05 Å². The maximum Gasteiger partial charge on any atom is 0.296 e. The molecule has 0 aliphatic heterocycles.